The van der Waals surface area contributed by atoms with Gasteiger partial charge in [-0.3, -0.25) is 9.78 Å². The second kappa shape index (κ2) is 9.11. The predicted molar refractivity (Wildman–Crippen MR) is 145 cm³/mol. The minimum atomic E-state index is -0.0744. The fourth-order valence-electron chi connectivity index (χ4n) is 5.16. The number of nitrogens with one attached hydrogen (secondary N) is 2. The molecule has 0 spiro atoms. The van der Waals surface area contributed by atoms with Crippen LogP contribution in [0.25, 0.3) is 0 Å². The van der Waals surface area contributed by atoms with Crippen LogP contribution in [0.4, 0.5) is 11.4 Å². The number of thiocarbonyl (C=S) groups is 1. The first-order valence-corrected chi connectivity index (χ1v) is 12.8. The van der Waals surface area contributed by atoms with E-state index in [0.29, 0.717) is 11.2 Å². The molecule has 1 aliphatic carbocycles. The number of carbonyl (C=O) groups is 1. The fraction of sp³-hybridized carbons (Fsp3) is 0.393. The van der Waals surface area contributed by atoms with Gasteiger partial charge in [0.15, 0.2) is 5.11 Å². The second-order valence-electron chi connectivity index (χ2n) is 10.1. The van der Waals surface area contributed by atoms with Gasteiger partial charge in [0.2, 0.25) is 5.91 Å². The number of pyridine rings is 1. The lowest BCUT2D eigenvalue weighted by Crippen LogP contribution is -2.29. The Balaban J connectivity index is 1.58. The van der Waals surface area contributed by atoms with E-state index in [-0.39, 0.29) is 23.9 Å². The van der Waals surface area contributed by atoms with Gasteiger partial charge in [-0.1, -0.05) is 19.9 Å². The fourth-order valence-corrected chi connectivity index (χ4v) is 5.51. The second-order valence-corrected chi connectivity index (χ2v) is 10.5. The van der Waals surface area contributed by atoms with E-state index in [1.165, 1.54) is 29.8 Å². The van der Waals surface area contributed by atoms with Crippen LogP contribution in [0.5, 0.6) is 0 Å². The van der Waals surface area contributed by atoms with Crippen LogP contribution in [-0.4, -0.2) is 20.6 Å². The van der Waals surface area contributed by atoms with Crippen molar-refractivity contribution in [2.45, 2.75) is 65.6 Å². The standard InChI is InChI=1S/C28H33N5OS/c1-16(2)27(34)30-23-12-11-21(14-17(23)3)33-26(22-15-18(4)32(19(22)5)20-9-10-20)25(31-28(33)35)24-8-6-7-13-29-24/h6-8,11-16,20,25-26H,9-10H2,1-5H3,(H,30,34)(H,31,35)/t25-,26-/m1/s1. The molecule has 2 atom stereocenters. The first-order chi connectivity index (χ1) is 16.8. The molecule has 3 heterocycles. The van der Waals surface area contributed by atoms with E-state index >= 15 is 0 Å². The van der Waals surface area contributed by atoms with Crippen molar-refractivity contribution >= 4 is 34.6 Å². The minimum Gasteiger partial charge on any atom is -0.351 e. The molecule has 182 valence electrons. The third kappa shape index (κ3) is 4.33. The topological polar surface area (TPSA) is 62.2 Å². The molecule has 35 heavy (non-hydrogen) atoms. The Morgan fingerprint density at radius 3 is 2.54 bits per heavy atom. The van der Waals surface area contributed by atoms with Gasteiger partial charge in [-0.15, -0.1) is 0 Å². The van der Waals surface area contributed by atoms with Gasteiger partial charge in [-0.25, -0.2) is 0 Å². The molecule has 1 saturated heterocycles. The van der Waals surface area contributed by atoms with Crippen molar-refractivity contribution in [2.75, 3.05) is 10.2 Å². The molecular formula is C28H33N5OS. The molecule has 1 aromatic carbocycles. The number of aromatic nitrogens is 2. The van der Waals surface area contributed by atoms with Crippen molar-refractivity contribution in [2.24, 2.45) is 5.92 Å². The van der Waals surface area contributed by atoms with Crippen LogP contribution in [0.1, 0.15) is 73.0 Å². The van der Waals surface area contributed by atoms with Crippen molar-refractivity contribution < 1.29 is 4.79 Å². The predicted octanol–water partition coefficient (Wildman–Crippen LogP) is 5.91. The molecular weight excluding hydrogens is 454 g/mol. The largest absolute Gasteiger partial charge is 0.351 e. The highest BCUT2D eigenvalue weighted by Gasteiger charge is 2.43. The molecule has 1 aliphatic heterocycles. The van der Waals surface area contributed by atoms with Crippen molar-refractivity contribution in [3.05, 3.63) is 76.9 Å². The maximum Gasteiger partial charge on any atom is 0.226 e. The molecule has 3 aromatic rings. The van der Waals surface area contributed by atoms with Gasteiger partial charge in [0.05, 0.1) is 17.8 Å². The summed E-state index contributed by atoms with van der Waals surface area (Å²) in [5.74, 6) is -0.0607. The summed E-state index contributed by atoms with van der Waals surface area (Å²) in [4.78, 5) is 19.2. The van der Waals surface area contributed by atoms with Crippen LogP contribution in [0.3, 0.4) is 0 Å². The van der Waals surface area contributed by atoms with Crippen LogP contribution in [0.15, 0.2) is 48.7 Å². The molecule has 5 rings (SSSR count). The third-order valence-corrected chi connectivity index (χ3v) is 7.44. The molecule has 6 nitrogen and oxygen atoms in total. The number of hydrogen-bond acceptors (Lipinski definition) is 3. The Kier molecular flexibility index (Phi) is 6.13. The first-order valence-electron chi connectivity index (χ1n) is 12.4. The van der Waals surface area contributed by atoms with Gasteiger partial charge < -0.3 is 20.1 Å². The molecule has 0 bridgehead atoms. The molecule has 1 amide bonds. The highest BCUT2D eigenvalue weighted by atomic mass is 32.1. The van der Waals surface area contributed by atoms with Gasteiger partial charge in [0, 0.05) is 40.9 Å². The number of benzene rings is 1. The number of carbonyl (C=O) groups excluding carboxylic acids is 1. The molecule has 2 fully saturated rings. The zero-order valence-corrected chi connectivity index (χ0v) is 21.8. The number of hydrogen-bond donors (Lipinski definition) is 2. The van der Waals surface area contributed by atoms with Crippen LogP contribution in [-0.2, 0) is 4.79 Å². The molecule has 0 radical (unpaired) electrons. The van der Waals surface area contributed by atoms with Crippen LogP contribution in [0, 0.1) is 26.7 Å². The van der Waals surface area contributed by atoms with Gasteiger partial charge in [-0.2, -0.15) is 0 Å². The van der Waals surface area contributed by atoms with E-state index in [9.17, 15) is 4.79 Å². The molecule has 2 N–H and O–H groups in total. The smallest absolute Gasteiger partial charge is 0.226 e. The summed E-state index contributed by atoms with van der Waals surface area (Å²) in [5.41, 5.74) is 7.66. The number of amides is 1. The summed E-state index contributed by atoms with van der Waals surface area (Å²) < 4.78 is 2.49. The van der Waals surface area contributed by atoms with E-state index in [2.05, 4.69) is 57.1 Å². The summed E-state index contributed by atoms with van der Waals surface area (Å²) in [7, 11) is 0. The van der Waals surface area contributed by atoms with E-state index < -0.39 is 0 Å². The Morgan fingerprint density at radius 2 is 1.91 bits per heavy atom. The zero-order chi connectivity index (χ0) is 24.9. The third-order valence-electron chi connectivity index (χ3n) is 7.12. The van der Waals surface area contributed by atoms with Gasteiger partial charge in [0.1, 0.15) is 0 Å². The zero-order valence-electron chi connectivity index (χ0n) is 21.0. The molecule has 2 aromatic heterocycles. The SMILES string of the molecule is Cc1cc(N2C(=S)N[C@H](c3ccccn3)[C@H]2c2cc(C)n(C3CC3)c2C)ccc1NC(=O)C(C)C. The molecule has 1 saturated carbocycles. The average Bonchev–Trinajstić information content (AvgIpc) is 3.54. The number of aryl methyl sites for hydroxylation is 2. The van der Waals surface area contributed by atoms with Crippen LogP contribution < -0.4 is 15.5 Å². The normalized spacial score (nSPS) is 19.8. The van der Waals surface area contributed by atoms with Crippen molar-refractivity contribution in [3.8, 4) is 0 Å². The van der Waals surface area contributed by atoms with Crippen molar-refractivity contribution in [3.63, 3.8) is 0 Å². The molecule has 2 aliphatic rings. The van der Waals surface area contributed by atoms with E-state index in [1.807, 2.05) is 51.2 Å². The lowest BCUT2D eigenvalue weighted by atomic mass is 9.96. The number of rotatable bonds is 6. The van der Waals surface area contributed by atoms with Crippen molar-refractivity contribution in [1.29, 1.82) is 0 Å². The first kappa shape index (κ1) is 23.5. The summed E-state index contributed by atoms with van der Waals surface area (Å²) in [5, 5.41) is 7.28. The Hall–Kier alpha value is -3.19. The quantitative estimate of drug-likeness (QED) is 0.423. The summed E-state index contributed by atoms with van der Waals surface area (Å²) in [6.07, 6.45) is 4.32. The van der Waals surface area contributed by atoms with E-state index in [4.69, 9.17) is 12.2 Å². The average molecular weight is 488 g/mol. The summed E-state index contributed by atoms with van der Waals surface area (Å²) >= 11 is 5.91. The lowest BCUT2D eigenvalue weighted by molar-refractivity contribution is -0.118. The van der Waals surface area contributed by atoms with Crippen LogP contribution >= 0.6 is 12.2 Å². The maximum atomic E-state index is 12.3. The number of nitrogens with zero attached hydrogens (tertiary/aromatic N) is 3. The monoisotopic (exact) mass is 487 g/mol. The molecule has 0 unspecified atom stereocenters. The van der Waals surface area contributed by atoms with Gasteiger partial charge in [-0.05, 0) is 93.4 Å². The maximum absolute atomic E-state index is 12.3. The van der Waals surface area contributed by atoms with Gasteiger partial charge >= 0.3 is 0 Å². The van der Waals surface area contributed by atoms with Crippen LogP contribution in [0.2, 0.25) is 0 Å². The lowest BCUT2D eigenvalue weighted by Gasteiger charge is -2.29. The summed E-state index contributed by atoms with van der Waals surface area (Å²) in [6, 6.07) is 15.0. The Morgan fingerprint density at radius 1 is 1.14 bits per heavy atom. The van der Waals surface area contributed by atoms with Gasteiger partial charge in [0.25, 0.3) is 0 Å². The Bertz CT molecular complexity index is 1280. The highest BCUT2D eigenvalue weighted by Crippen LogP contribution is 2.46. The van der Waals surface area contributed by atoms with E-state index in [1.54, 1.807) is 0 Å². The van der Waals surface area contributed by atoms with Crippen molar-refractivity contribution in [1.82, 2.24) is 14.9 Å². The van der Waals surface area contributed by atoms with E-state index in [0.717, 1.165) is 22.6 Å². The highest BCUT2D eigenvalue weighted by molar-refractivity contribution is 7.80. The Labute approximate surface area is 212 Å². The molecule has 7 heteroatoms. The number of anilines is 2. The summed E-state index contributed by atoms with van der Waals surface area (Å²) in [6.45, 7) is 10.2. The minimum absolute atomic E-state index is 0.0137.